The average Bonchev–Trinajstić information content (AvgIpc) is 1.49. The van der Waals surface area contributed by atoms with Crippen molar-refractivity contribution in [3.63, 3.8) is 0 Å². The number of aliphatic hydroxyl groups is 4. The number of fused-ring (bicyclic) bond motifs is 20. The maximum Gasteiger partial charge on any atom is 0.267 e. The van der Waals surface area contributed by atoms with Gasteiger partial charge in [0.25, 0.3) is 6.43 Å². The van der Waals surface area contributed by atoms with Gasteiger partial charge in [-0.05, 0) is 351 Å². The van der Waals surface area contributed by atoms with Gasteiger partial charge < -0.3 is 43.4 Å². The molecular weight excluding hydrogens is 1540 g/mol. The monoisotopic (exact) mass is 1680 g/mol. The lowest BCUT2D eigenvalue weighted by Crippen LogP contribution is -2.49. The van der Waals surface area contributed by atoms with Crippen LogP contribution in [-0.4, -0.2) is 101 Å². The van der Waals surface area contributed by atoms with Crippen LogP contribution < -0.4 is 0 Å². The molecule has 0 unspecified atom stereocenters. The minimum Gasteiger partial charge on any atom is -0.387 e. The van der Waals surface area contributed by atoms with Gasteiger partial charge >= 0.3 is 0 Å². The highest BCUT2D eigenvalue weighted by molar-refractivity contribution is 6.30. The molecule has 122 heavy (non-hydrogen) atoms. The topological polar surface area (TPSA) is 161 Å². The number of rotatable bonds is 15. The molecule has 0 aliphatic heterocycles. The lowest BCUT2D eigenvalue weighted by molar-refractivity contribution is -0.119. The third kappa shape index (κ3) is 16.4. The van der Waals surface area contributed by atoms with E-state index in [0.717, 1.165) is 143 Å². The molecule has 0 bridgehead atoms. The summed E-state index contributed by atoms with van der Waals surface area (Å²) in [6, 6.07) is 0. The largest absolute Gasteiger partial charge is 0.387 e. The predicted molar refractivity (Wildman–Crippen MR) is 480 cm³/mol. The quantitative estimate of drug-likeness (QED) is 0.0671. The summed E-state index contributed by atoms with van der Waals surface area (Å²) in [5.41, 5.74) is 8.48. The van der Waals surface area contributed by atoms with Crippen LogP contribution in [-0.2, 0) is 30.9 Å². The van der Waals surface area contributed by atoms with Crippen molar-refractivity contribution < 1.29 is 33.9 Å². The molecule has 4 N–H and O–H groups in total. The molecule has 658 valence electrons. The number of imidazole rings is 4. The van der Waals surface area contributed by atoms with Crippen molar-refractivity contribution in [2.24, 2.45) is 146 Å². The number of hydrogen-bond acceptors (Lipinski definition) is 9. The molecule has 0 saturated heterocycles. The Morgan fingerprint density at radius 2 is 0.738 bits per heavy atom. The van der Waals surface area contributed by atoms with Crippen molar-refractivity contribution in [3.8, 4) is 23.1 Å². The molecule has 4 aromatic heterocycles. The van der Waals surface area contributed by atoms with Crippen LogP contribution in [0.5, 0.6) is 0 Å². The Morgan fingerprint density at radius 3 is 1.05 bits per heavy atom. The fourth-order valence-electron chi connectivity index (χ4n) is 32.2. The predicted octanol–water partition coefficient (Wildman–Crippen LogP) is 22.0. The first-order valence-electron chi connectivity index (χ1n) is 48.3. The Balaban J connectivity index is 0.000000111. The molecule has 13 fully saturated rings. The highest BCUT2D eigenvalue weighted by Crippen LogP contribution is 2.70. The molecule has 0 amide bonds. The van der Waals surface area contributed by atoms with E-state index in [2.05, 4.69) is 152 Å². The van der Waals surface area contributed by atoms with Gasteiger partial charge in [-0.1, -0.05) is 141 Å². The van der Waals surface area contributed by atoms with Crippen LogP contribution in [0.3, 0.4) is 0 Å². The van der Waals surface area contributed by atoms with Crippen LogP contribution >= 0.6 is 11.6 Å². The number of hydrogen-bond donors (Lipinski definition) is 4. The van der Waals surface area contributed by atoms with Crippen molar-refractivity contribution in [1.82, 2.24) is 38.2 Å². The van der Waals surface area contributed by atoms with Gasteiger partial charge in [-0.3, -0.25) is 0 Å². The van der Waals surface area contributed by atoms with E-state index in [1.54, 1.807) is 7.11 Å². The first-order valence-corrected chi connectivity index (χ1v) is 48.6. The van der Waals surface area contributed by atoms with E-state index < -0.39 is 28.8 Å². The van der Waals surface area contributed by atoms with E-state index in [-0.39, 0.29) is 12.8 Å². The van der Waals surface area contributed by atoms with Crippen molar-refractivity contribution in [3.05, 3.63) is 170 Å². The third-order valence-corrected chi connectivity index (χ3v) is 38.2. The van der Waals surface area contributed by atoms with Crippen molar-refractivity contribution >= 4 is 11.6 Å². The minimum absolute atomic E-state index is 0.171. The highest BCUT2D eigenvalue weighted by Gasteiger charge is 2.63. The van der Waals surface area contributed by atoms with Gasteiger partial charge in [-0.25, -0.2) is 28.7 Å². The smallest absolute Gasteiger partial charge is 0.267 e. The van der Waals surface area contributed by atoms with Crippen LogP contribution in [0.1, 0.15) is 246 Å². The summed E-state index contributed by atoms with van der Waals surface area (Å²) in [6.07, 6.45) is 67.3. The SMILES string of the molecule is C=C(Cn1ccnc1)[C@H]1CC[C@H]2[C@@H]3CC=C4C[C@](O)(C#CC5CC5)CC[C@@H]4[C@H]3CC[C@]12C.C=C(Cn1ccnc1)[C@H]1CC[C@H]2[C@@H]3CC=C4C[C@](O)(C#CCl)CC[C@@H]4[C@H]3CC[C@]12C.C=C(Cn1ccnc1)[C@H]1CC[C@H]2[C@@H]3CC=C4C[C@](O)(C(F)F)CC[C@@H]4[C@H]3CC[C@]12C.C=C(Cn1ccnc1)[C@H]1CC[C@H]2[C@@H]3CC=C4C[C@](O)(COC)CC[C@@H]4[C@H]3CC[C@]12C. The fraction of sp³-hybridized carbons (Fsp3) is 0.698. The summed E-state index contributed by atoms with van der Waals surface area (Å²) in [5.74, 6) is 24.1. The molecule has 16 heteroatoms. The first-order chi connectivity index (χ1) is 58.6. The Labute approximate surface area is 733 Å². The van der Waals surface area contributed by atoms with E-state index >= 15 is 0 Å². The Hall–Kier alpha value is -6.17. The van der Waals surface area contributed by atoms with Gasteiger partial charge in [0.05, 0.1) is 37.5 Å². The van der Waals surface area contributed by atoms with E-state index in [1.807, 2.05) is 62.5 Å². The van der Waals surface area contributed by atoms with Gasteiger partial charge in [-0.2, -0.15) is 0 Å². The summed E-state index contributed by atoms with van der Waals surface area (Å²) in [7, 11) is 1.70. The summed E-state index contributed by atoms with van der Waals surface area (Å²) in [5, 5.41) is 45.6. The molecule has 0 spiro atoms. The standard InChI is InChI=1S/C29H38N2O.C26H33ClN2O.C26H38N2O2.C25H34F2N2O/c1-20(18-31-16-15-30-19-31)26-7-8-27-25-6-5-22-17-29(32,13-9-21-3-4-21)14-11-23(22)24(25)10-12-28(26,27)2;1-18(16-29-14-13-28-17-29)23-5-6-24-22-4-3-19-15-26(30,11-12-27)10-8-20(19)21(22)7-9-25(23,24)2;1-18(15-28-13-12-27-17-28)23-6-7-24-22-5-4-19-14-26(29,16-30-3)11-9-20(19)21(22)8-10-25(23,24)2;1-16(14-29-12-11-28-15-29)21-5-6-22-20-4-3-17-13-25(30,23(26)27)10-8-18(17)19(20)7-9-24(21,22)2/h5,15-16,19,21,23-27,32H,1,3-4,6-8,10-12,14,17-18H2,2H3;3,13-14,17,20-24,30H,1,4-10,15-16H2,2H3;4,12-13,17,20-24,29H,1,5-11,14-16H2,2-3H3;3,11-12,15,18-23,30H,1,4-10,13-14H2,2H3/t23-,24+,25+,26+,27-,28+,29-;20-,21+,22+,23+,24-,25+,26+;20-,21+,22+,23+,24-,25+,26-;18-,19+,20+,21+,22-,24+,25-/m0000/s1. The molecule has 17 aliphatic rings. The highest BCUT2D eigenvalue weighted by atomic mass is 35.5. The third-order valence-electron chi connectivity index (χ3n) is 38.1. The van der Waals surface area contributed by atoms with Gasteiger partial charge in [-0.15, -0.1) is 0 Å². The van der Waals surface area contributed by atoms with E-state index in [4.69, 9.17) is 16.3 Å². The van der Waals surface area contributed by atoms with Crippen LogP contribution in [0.2, 0.25) is 0 Å². The van der Waals surface area contributed by atoms with E-state index in [9.17, 15) is 29.2 Å². The van der Waals surface area contributed by atoms with Crippen LogP contribution in [0.25, 0.3) is 0 Å². The maximum atomic E-state index is 13.4. The number of nitrogens with zero attached hydrogens (tertiary/aromatic N) is 8. The second-order valence-electron chi connectivity index (χ2n) is 44.2. The van der Waals surface area contributed by atoms with Gasteiger partial charge in [0.2, 0.25) is 0 Å². The number of allylic oxidation sites excluding steroid dienone is 8. The molecule has 4 heterocycles. The molecule has 21 rings (SSSR count). The van der Waals surface area contributed by atoms with Crippen molar-refractivity contribution in [2.75, 3.05) is 13.7 Å². The zero-order valence-corrected chi connectivity index (χ0v) is 75.0. The normalized spacial score (nSPS) is 42.7. The number of ether oxygens (including phenoxy) is 1. The Morgan fingerprint density at radius 1 is 0.418 bits per heavy atom. The van der Waals surface area contributed by atoms with Gasteiger partial charge in [0, 0.05) is 113 Å². The molecule has 4 aromatic rings. The van der Waals surface area contributed by atoms with Crippen molar-refractivity contribution in [2.45, 2.75) is 301 Å². The summed E-state index contributed by atoms with van der Waals surface area (Å²) < 4.78 is 40.7. The lowest BCUT2D eigenvalue weighted by Gasteiger charge is -2.54. The van der Waals surface area contributed by atoms with Crippen molar-refractivity contribution in [1.29, 1.82) is 0 Å². The second kappa shape index (κ2) is 34.4. The lowest BCUT2D eigenvalue weighted by atomic mass is 9.51. The second-order valence-corrected chi connectivity index (χ2v) is 44.4. The fourth-order valence-corrected chi connectivity index (χ4v) is 32.4. The Bertz CT molecular complexity index is 4710. The van der Waals surface area contributed by atoms with E-state index in [0.29, 0.717) is 112 Å². The zero-order chi connectivity index (χ0) is 84.9. The summed E-state index contributed by atoms with van der Waals surface area (Å²) in [4.78, 5) is 16.8. The minimum atomic E-state index is -2.65. The van der Waals surface area contributed by atoms with Gasteiger partial charge in [0.1, 0.15) is 16.8 Å². The summed E-state index contributed by atoms with van der Waals surface area (Å²) >= 11 is 5.62. The Kier molecular flexibility index (Phi) is 24.4. The average molecular weight is 1680 g/mol. The van der Waals surface area contributed by atoms with Gasteiger partial charge in [0.15, 0.2) is 0 Å². The number of alkyl halides is 2. The molecular formula is C106H143ClF2N8O5. The molecule has 0 radical (unpaired) electrons. The number of methoxy groups -OCH3 is 1. The molecule has 13 saturated carbocycles. The molecule has 17 aliphatic carbocycles. The van der Waals surface area contributed by atoms with Crippen LogP contribution in [0, 0.1) is 169 Å². The van der Waals surface area contributed by atoms with Crippen LogP contribution in [0.15, 0.2) is 170 Å². The number of aromatic nitrogens is 8. The van der Waals surface area contributed by atoms with E-state index in [1.165, 1.54) is 174 Å². The molecule has 28 atom stereocenters. The maximum absolute atomic E-state index is 13.4. The molecule has 0 aromatic carbocycles. The summed E-state index contributed by atoms with van der Waals surface area (Å²) in [6.45, 7) is 32.4. The molecule has 13 nitrogen and oxygen atoms in total. The first kappa shape index (κ1) is 86.6. The zero-order valence-electron chi connectivity index (χ0n) is 74.3. The van der Waals surface area contributed by atoms with Crippen LogP contribution in [0.4, 0.5) is 8.78 Å². The number of halogens is 3.